The molecule has 2 aromatic rings. The molecule has 0 spiro atoms. The molecule has 1 aliphatic carbocycles. The van der Waals surface area contributed by atoms with E-state index >= 15 is 0 Å². The number of aromatic hydroxyl groups is 1. The van der Waals surface area contributed by atoms with E-state index in [2.05, 4.69) is 20.7 Å². The van der Waals surface area contributed by atoms with Crippen molar-refractivity contribution in [1.29, 1.82) is 0 Å². The van der Waals surface area contributed by atoms with Crippen LogP contribution in [-0.2, 0) is 4.79 Å². The van der Waals surface area contributed by atoms with E-state index in [-0.39, 0.29) is 30.2 Å². The summed E-state index contributed by atoms with van der Waals surface area (Å²) in [6.07, 6.45) is 2.15. The molecule has 0 aliphatic heterocycles. The quantitative estimate of drug-likeness (QED) is 0.434. The number of phenols is 1. The Morgan fingerprint density at radius 3 is 2.63 bits per heavy atom. The SMILES string of the molecule is CCN(CC)c1ccc(/C=N/NC(=O)CN[C@@H]2C[C@H]2c2ccc(F)c(F)c2)c(O)c1. The second-order valence-corrected chi connectivity index (χ2v) is 7.21. The summed E-state index contributed by atoms with van der Waals surface area (Å²) in [6, 6.07) is 9.23. The molecule has 3 N–H and O–H groups in total. The molecule has 0 saturated heterocycles. The van der Waals surface area contributed by atoms with Crippen LogP contribution in [0.1, 0.15) is 37.3 Å². The molecular weight excluding hydrogens is 390 g/mol. The number of carbonyl (C=O) groups is 1. The lowest BCUT2D eigenvalue weighted by Crippen LogP contribution is -2.32. The number of nitrogens with one attached hydrogen (secondary N) is 2. The minimum Gasteiger partial charge on any atom is -0.507 e. The summed E-state index contributed by atoms with van der Waals surface area (Å²) in [5.74, 6) is -1.91. The third-order valence-corrected chi connectivity index (χ3v) is 5.22. The van der Waals surface area contributed by atoms with Crippen molar-refractivity contribution >= 4 is 17.8 Å². The van der Waals surface area contributed by atoms with Gasteiger partial charge in [-0.1, -0.05) is 6.07 Å². The lowest BCUT2D eigenvalue weighted by Gasteiger charge is -2.21. The molecule has 6 nitrogen and oxygen atoms in total. The summed E-state index contributed by atoms with van der Waals surface area (Å²) in [5, 5.41) is 17.1. The van der Waals surface area contributed by atoms with Crippen molar-refractivity contribution in [3.63, 3.8) is 0 Å². The average molecular weight is 416 g/mol. The summed E-state index contributed by atoms with van der Waals surface area (Å²) < 4.78 is 26.3. The second-order valence-electron chi connectivity index (χ2n) is 7.21. The number of halogens is 2. The maximum Gasteiger partial charge on any atom is 0.254 e. The molecule has 0 radical (unpaired) electrons. The molecule has 1 saturated carbocycles. The van der Waals surface area contributed by atoms with E-state index in [1.165, 1.54) is 12.3 Å². The average Bonchev–Trinajstić information content (AvgIpc) is 3.51. The van der Waals surface area contributed by atoms with E-state index in [4.69, 9.17) is 0 Å². The van der Waals surface area contributed by atoms with Gasteiger partial charge in [-0.3, -0.25) is 4.79 Å². The number of hydrazone groups is 1. The van der Waals surface area contributed by atoms with Crippen molar-refractivity contribution in [3.05, 3.63) is 59.2 Å². The molecule has 1 fully saturated rings. The van der Waals surface area contributed by atoms with Crippen LogP contribution in [0.15, 0.2) is 41.5 Å². The largest absolute Gasteiger partial charge is 0.507 e. The summed E-state index contributed by atoms with van der Waals surface area (Å²) in [6.45, 7) is 5.81. The van der Waals surface area contributed by atoms with Gasteiger partial charge in [0.05, 0.1) is 12.8 Å². The Morgan fingerprint density at radius 2 is 1.97 bits per heavy atom. The molecule has 1 aliphatic rings. The van der Waals surface area contributed by atoms with Crippen LogP contribution in [0, 0.1) is 11.6 Å². The monoisotopic (exact) mass is 416 g/mol. The lowest BCUT2D eigenvalue weighted by atomic mass is 10.1. The van der Waals surface area contributed by atoms with Gasteiger partial charge in [0.2, 0.25) is 0 Å². The molecular formula is C22H26F2N4O2. The van der Waals surface area contributed by atoms with E-state index in [1.807, 2.05) is 19.9 Å². The van der Waals surface area contributed by atoms with Crippen molar-refractivity contribution in [1.82, 2.24) is 10.7 Å². The number of nitrogens with zero attached hydrogens (tertiary/aromatic N) is 2. The first-order chi connectivity index (χ1) is 14.4. The molecule has 0 unspecified atom stereocenters. The van der Waals surface area contributed by atoms with Gasteiger partial charge in [-0.15, -0.1) is 0 Å². The number of carbonyl (C=O) groups excluding carboxylic acids is 1. The summed E-state index contributed by atoms with van der Waals surface area (Å²) in [4.78, 5) is 14.1. The van der Waals surface area contributed by atoms with E-state index in [9.17, 15) is 18.7 Å². The zero-order valence-electron chi connectivity index (χ0n) is 17.0. The smallest absolute Gasteiger partial charge is 0.254 e. The van der Waals surface area contributed by atoms with Gasteiger partial charge in [0.15, 0.2) is 11.6 Å². The number of rotatable bonds is 9. The highest BCUT2D eigenvalue weighted by atomic mass is 19.2. The molecule has 1 amide bonds. The lowest BCUT2D eigenvalue weighted by molar-refractivity contribution is -0.120. The van der Waals surface area contributed by atoms with Crippen LogP contribution in [0.4, 0.5) is 14.5 Å². The van der Waals surface area contributed by atoms with Crippen molar-refractivity contribution in [2.75, 3.05) is 24.5 Å². The number of phenolic OH excluding ortho intramolecular Hbond substituents is 1. The predicted octanol–water partition coefficient (Wildman–Crippen LogP) is 3.11. The second kappa shape index (κ2) is 9.67. The van der Waals surface area contributed by atoms with Crippen LogP contribution in [0.3, 0.4) is 0 Å². The van der Waals surface area contributed by atoms with Crippen LogP contribution in [0.2, 0.25) is 0 Å². The standard InChI is InChI=1S/C22H26F2N4O2/c1-3-28(4-2)16-7-5-15(21(29)10-16)12-26-27-22(30)13-25-20-11-17(20)14-6-8-18(23)19(24)9-14/h5-10,12,17,20,25,29H,3-4,11,13H2,1-2H3,(H,27,30)/b26-12+/t17-,20+/m0/s1. The maximum atomic E-state index is 13.3. The fraction of sp³-hybridized carbons (Fsp3) is 0.364. The minimum atomic E-state index is -0.866. The third kappa shape index (κ3) is 5.33. The minimum absolute atomic E-state index is 0.0428. The van der Waals surface area contributed by atoms with Crippen molar-refractivity contribution < 1.29 is 18.7 Å². The molecule has 0 aromatic heterocycles. The Hall–Kier alpha value is -3.00. The number of benzene rings is 2. The van der Waals surface area contributed by atoms with Gasteiger partial charge in [-0.25, -0.2) is 14.2 Å². The van der Waals surface area contributed by atoms with Gasteiger partial charge in [0, 0.05) is 42.4 Å². The molecule has 0 heterocycles. The predicted molar refractivity (Wildman–Crippen MR) is 113 cm³/mol. The molecule has 3 rings (SSSR count). The Kier molecular flexibility index (Phi) is 6.99. The van der Waals surface area contributed by atoms with Crippen molar-refractivity contribution in [2.24, 2.45) is 5.10 Å². The zero-order chi connectivity index (χ0) is 21.7. The zero-order valence-corrected chi connectivity index (χ0v) is 17.0. The fourth-order valence-corrected chi connectivity index (χ4v) is 3.40. The molecule has 2 atom stereocenters. The number of amides is 1. The summed E-state index contributed by atoms with van der Waals surface area (Å²) >= 11 is 0. The molecule has 160 valence electrons. The maximum absolute atomic E-state index is 13.3. The van der Waals surface area contributed by atoms with E-state index in [0.29, 0.717) is 11.1 Å². The van der Waals surface area contributed by atoms with Gasteiger partial charge in [0.25, 0.3) is 5.91 Å². The van der Waals surface area contributed by atoms with Crippen LogP contribution in [0.25, 0.3) is 0 Å². The summed E-state index contributed by atoms with van der Waals surface area (Å²) in [7, 11) is 0. The van der Waals surface area contributed by atoms with Crippen LogP contribution in [0.5, 0.6) is 5.75 Å². The Morgan fingerprint density at radius 1 is 1.20 bits per heavy atom. The molecule has 8 heteroatoms. The first kappa shape index (κ1) is 21.7. The van der Waals surface area contributed by atoms with Gasteiger partial charge in [-0.2, -0.15) is 5.10 Å². The fourth-order valence-electron chi connectivity index (χ4n) is 3.40. The molecule has 0 bridgehead atoms. The van der Waals surface area contributed by atoms with Gasteiger partial charge in [0.1, 0.15) is 5.75 Å². The van der Waals surface area contributed by atoms with Crippen LogP contribution >= 0.6 is 0 Å². The van der Waals surface area contributed by atoms with Crippen molar-refractivity contribution in [3.8, 4) is 5.75 Å². The highest BCUT2D eigenvalue weighted by Gasteiger charge is 2.38. The summed E-state index contributed by atoms with van der Waals surface area (Å²) in [5.41, 5.74) is 4.54. The first-order valence-electron chi connectivity index (χ1n) is 10.0. The molecule has 2 aromatic carbocycles. The van der Waals surface area contributed by atoms with Crippen LogP contribution < -0.4 is 15.6 Å². The highest BCUT2D eigenvalue weighted by Crippen LogP contribution is 2.40. The van der Waals surface area contributed by atoms with Gasteiger partial charge < -0.3 is 15.3 Å². The third-order valence-electron chi connectivity index (χ3n) is 5.22. The first-order valence-corrected chi connectivity index (χ1v) is 10.0. The Balaban J connectivity index is 1.45. The number of hydrogen-bond donors (Lipinski definition) is 3. The topological polar surface area (TPSA) is 77.0 Å². The highest BCUT2D eigenvalue weighted by molar-refractivity contribution is 5.86. The number of hydrogen-bond acceptors (Lipinski definition) is 5. The molecule has 30 heavy (non-hydrogen) atoms. The normalized spacial score (nSPS) is 17.9. The Labute approximate surface area is 174 Å². The van der Waals surface area contributed by atoms with E-state index in [0.717, 1.165) is 31.3 Å². The van der Waals surface area contributed by atoms with Gasteiger partial charge >= 0.3 is 0 Å². The van der Waals surface area contributed by atoms with Crippen molar-refractivity contribution in [2.45, 2.75) is 32.2 Å². The Bertz CT molecular complexity index is 931. The van der Waals surface area contributed by atoms with Gasteiger partial charge in [-0.05, 0) is 50.1 Å². The van der Waals surface area contributed by atoms with E-state index < -0.39 is 11.6 Å². The van der Waals surface area contributed by atoms with E-state index in [1.54, 1.807) is 18.2 Å². The van der Waals surface area contributed by atoms with Crippen LogP contribution in [-0.4, -0.2) is 42.9 Å². The number of anilines is 1.